The van der Waals surface area contributed by atoms with Gasteiger partial charge in [0.25, 0.3) is 0 Å². The van der Waals surface area contributed by atoms with Gasteiger partial charge in [-0.3, -0.25) is 4.79 Å². The number of hydrogen-bond acceptors (Lipinski definition) is 3. The molecule has 27 heavy (non-hydrogen) atoms. The molecule has 0 spiro atoms. The normalized spacial score (nSPS) is 11.0. The summed E-state index contributed by atoms with van der Waals surface area (Å²) in [7, 11) is 1.98. The van der Waals surface area contributed by atoms with Crippen LogP contribution in [0.5, 0.6) is 0 Å². The predicted octanol–water partition coefficient (Wildman–Crippen LogP) is 4.35. The van der Waals surface area contributed by atoms with Crippen LogP contribution in [0, 0.1) is 0 Å². The highest BCUT2D eigenvalue weighted by Gasteiger charge is 2.12. The molecule has 0 aliphatic heterocycles. The Kier molecular flexibility index (Phi) is 4.69. The van der Waals surface area contributed by atoms with E-state index in [1.165, 1.54) is 0 Å². The number of hydrogen-bond donors (Lipinski definition) is 1. The van der Waals surface area contributed by atoms with Crippen LogP contribution >= 0.6 is 11.6 Å². The standard InChI is InChI=1S/C21H18ClN3O2/c1-25-13-15(18-4-2-3-5-19(18)25)10-21(26)23-12-17-11-20(27-24-17)14-6-8-16(22)9-7-14/h2-9,11,13H,10,12H2,1H3,(H,23,26). The van der Waals surface area contributed by atoms with Gasteiger partial charge >= 0.3 is 0 Å². The first-order chi connectivity index (χ1) is 13.1. The Morgan fingerprint density at radius 2 is 1.96 bits per heavy atom. The van der Waals surface area contributed by atoms with Gasteiger partial charge < -0.3 is 14.4 Å². The minimum Gasteiger partial charge on any atom is -0.356 e. The lowest BCUT2D eigenvalue weighted by Gasteiger charge is -2.02. The van der Waals surface area contributed by atoms with E-state index < -0.39 is 0 Å². The molecule has 0 bridgehead atoms. The van der Waals surface area contributed by atoms with E-state index in [0.29, 0.717) is 29.4 Å². The first-order valence-corrected chi connectivity index (χ1v) is 8.99. The number of para-hydroxylation sites is 1. The monoisotopic (exact) mass is 379 g/mol. The zero-order chi connectivity index (χ0) is 18.8. The van der Waals surface area contributed by atoms with E-state index in [1.807, 2.05) is 60.3 Å². The summed E-state index contributed by atoms with van der Waals surface area (Å²) < 4.78 is 7.39. The second-order valence-corrected chi connectivity index (χ2v) is 6.86. The quantitative estimate of drug-likeness (QED) is 0.561. The molecule has 0 atom stereocenters. The lowest BCUT2D eigenvalue weighted by molar-refractivity contribution is -0.120. The van der Waals surface area contributed by atoms with E-state index in [9.17, 15) is 4.79 Å². The number of rotatable bonds is 5. The molecule has 2 aromatic heterocycles. The van der Waals surface area contributed by atoms with Crippen molar-refractivity contribution in [3.63, 3.8) is 0 Å². The molecule has 136 valence electrons. The number of halogens is 1. The average Bonchev–Trinajstić information content (AvgIpc) is 3.26. The van der Waals surface area contributed by atoms with Crippen molar-refractivity contribution in [3.05, 3.63) is 77.1 Å². The molecule has 0 fully saturated rings. The molecule has 6 heteroatoms. The molecule has 1 N–H and O–H groups in total. The maximum absolute atomic E-state index is 12.4. The number of carbonyl (C=O) groups excluding carboxylic acids is 1. The van der Waals surface area contributed by atoms with Gasteiger partial charge in [0.1, 0.15) is 5.69 Å². The molecule has 4 rings (SSSR count). The number of carbonyl (C=O) groups is 1. The number of fused-ring (bicyclic) bond motifs is 1. The smallest absolute Gasteiger partial charge is 0.224 e. The molecular formula is C21H18ClN3O2. The molecule has 2 aromatic carbocycles. The number of nitrogens with zero attached hydrogens (tertiary/aromatic N) is 2. The minimum atomic E-state index is -0.0533. The zero-order valence-electron chi connectivity index (χ0n) is 14.8. The molecule has 4 aromatic rings. The first-order valence-electron chi connectivity index (χ1n) is 8.61. The Labute approximate surface area is 161 Å². The SMILES string of the molecule is Cn1cc(CC(=O)NCc2cc(-c3ccc(Cl)cc3)on2)c2ccccc21. The summed E-state index contributed by atoms with van der Waals surface area (Å²) in [6.45, 7) is 0.320. The molecule has 0 saturated heterocycles. The van der Waals surface area contributed by atoms with Crippen LogP contribution in [0.25, 0.3) is 22.2 Å². The van der Waals surface area contributed by atoms with E-state index in [0.717, 1.165) is 22.0 Å². The topological polar surface area (TPSA) is 60.1 Å². The van der Waals surface area contributed by atoms with Crippen LogP contribution in [0.4, 0.5) is 0 Å². The fourth-order valence-electron chi connectivity index (χ4n) is 3.14. The van der Waals surface area contributed by atoms with Gasteiger partial charge in [0.05, 0.1) is 13.0 Å². The number of amides is 1. The summed E-state index contributed by atoms with van der Waals surface area (Å²) >= 11 is 5.90. The van der Waals surface area contributed by atoms with E-state index in [1.54, 1.807) is 12.1 Å². The van der Waals surface area contributed by atoms with Crippen molar-refractivity contribution in [2.24, 2.45) is 7.05 Å². The summed E-state index contributed by atoms with van der Waals surface area (Å²) in [5, 5.41) is 8.69. The lowest BCUT2D eigenvalue weighted by atomic mass is 10.1. The second kappa shape index (κ2) is 7.29. The van der Waals surface area contributed by atoms with Crippen molar-refractivity contribution in [1.29, 1.82) is 0 Å². The van der Waals surface area contributed by atoms with Crippen LogP contribution in [0.1, 0.15) is 11.3 Å². The van der Waals surface area contributed by atoms with Crippen LogP contribution in [0.3, 0.4) is 0 Å². The zero-order valence-corrected chi connectivity index (χ0v) is 15.5. The summed E-state index contributed by atoms with van der Waals surface area (Å²) in [4.78, 5) is 12.4. The van der Waals surface area contributed by atoms with Gasteiger partial charge in [-0.2, -0.15) is 0 Å². The van der Waals surface area contributed by atoms with Crippen molar-refractivity contribution in [3.8, 4) is 11.3 Å². The summed E-state index contributed by atoms with van der Waals surface area (Å²) in [6.07, 6.45) is 2.32. The molecule has 1 amide bonds. The van der Waals surface area contributed by atoms with Gasteiger partial charge in [-0.05, 0) is 35.9 Å². The molecule has 0 aliphatic rings. The highest BCUT2D eigenvalue weighted by molar-refractivity contribution is 6.30. The van der Waals surface area contributed by atoms with Crippen LogP contribution in [0.15, 0.2) is 65.3 Å². The Morgan fingerprint density at radius 3 is 2.78 bits per heavy atom. The predicted molar refractivity (Wildman–Crippen MR) is 105 cm³/mol. The Bertz CT molecular complexity index is 1100. The van der Waals surface area contributed by atoms with Crippen LogP contribution < -0.4 is 5.32 Å². The third-order valence-electron chi connectivity index (χ3n) is 4.48. The maximum atomic E-state index is 12.4. The van der Waals surface area contributed by atoms with Crippen LogP contribution in [-0.4, -0.2) is 15.6 Å². The van der Waals surface area contributed by atoms with Crippen LogP contribution in [-0.2, 0) is 24.8 Å². The van der Waals surface area contributed by atoms with Crippen molar-refractivity contribution >= 4 is 28.4 Å². The molecule has 0 saturated carbocycles. The average molecular weight is 380 g/mol. The van der Waals surface area contributed by atoms with Gasteiger partial charge in [0.2, 0.25) is 5.91 Å². The van der Waals surface area contributed by atoms with Gasteiger partial charge in [-0.25, -0.2) is 0 Å². The lowest BCUT2D eigenvalue weighted by Crippen LogP contribution is -2.24. The number of nitrogens with one attached hydrogen (secondary N) is 1. The molecule has 2 heterocycles. The van der Waals surface area contributed by atoms with Crippen molar-refractivity contribution in [2.45, 2.75) is 13.0 Å². The van der Waals surface area contributed by atoms with Crippen molar-refractivity contribution in [1.82, 2.24) is 15.0 Å². The highest BCUT2D eigenvalue weighted by Crippen LogP contribution is 2.23. The largest absolute Gasteiger partial charge is 0.356 e. The number of aromatic nitrogens is 2. The van der Waals surface area contributed by atoms with E-state index in [4.69, 9.17) is 16.1 Å². The molecule has 0 aliphatic carbocycles. The van der Waals surface area contributed by atoms with Gasteiger partial charge in [0.15, 0.2) is 5.76 Å². The second-order valence-electron chi connectivity index (χ2n) is 6.43. The highest BCUT2D eigenvalue weighted by atomic mass is 35.5. The molecular weight excluding hydrogens is 362 g/mol. The number of aryl methyl sites for hydroxylation is 1. The van der Waals surface area contributed by atoms with E-state index >= 15 is 0 Å². The third kappa shape index (κ3) is 3.73. The Hall–Kier alpha value is -3.05. The van der Waals surface area contributed by atoms with Gasteiger partial charge in [0, 0.05) is 40.8 Å². The Balaban J connectivity index is 1.40. The van der Waals surface area contributed by atoms with Crippen molar-refractivity contribution < 1.29 is 9.32 Å². The van der Waals surface area contributed by atoms with E-state index in [-0.39, 0.29) is 5.91 Å². The molecule has 0 unspecified atom stereocenters. The third-order valence-corrected chi connectivity index (χ3v) is 4.74. The van der Waals surface area contributed by atoms with Gasteiger partial charge in [-0.1, -0.05) is 35.0 Å². The van der Waals surface area contributed by atoms with Gasteiger partial charge in [-0.15, -0.1) is 0 Å². The first kappa shape index (κ1) is 17.4. The summed E-state index contributed by atoms with van der Waals surface area (Å²) in [5.41, 5.74) is 3.68. The fraction of sp³-hybridized carbons (Fsp3) is 0.143. The maximum Gasteiger partial charge on any atom is 0.224 e. The van der Waals surface area contributed by atoms with E-state index in [2.05, 4.69) is 10.5 Å². The summed E-state index contributed by atoms with van der Waals surface area (Å²) in [5.74, 6) is 0.590. The van der Waals surface area contributed by atoms with Crippen molar-refractivity contribution in [2.75, 3.05) is 0 Å². The number of benzene rings is 2. The molecule has 5 nitrogen and oxygen atoms in total. The van der Waals surface area contributed by atoms with Crippen LogP contribution in [0.2, 0.25) is 5.02 Å². The minimum absolute atomic E-state index is 0.0533. The Morgan fingerprint density at radius 1 is 1.19 bits per heavy atom. The fourth-order valence-corrected chi connectivity index (χ4v) is 3.26. The summed E-state index contributed by atoms with van der Waals surface area (Å²) in [6, 6.07) is 17.2. The molecule has 0 radical (unpaired) electrons.